The van der Waals surface area contributed by atoms with Crippen LogP contribution in [0.2, 0.25) is 0 Å². The number of rotatable bonds is 4. The maximum absolute atomic E-state index is 12.1. The maximum Gasteiger partial charge on any atom is 0.326 e. The summed E-state index contributed by atoms with van der Waals surface area (Å²) in [5, 5.41) is 14.9. The summed E-state index contributed by atoms with van der Waals surface area (Å²) < 4.78 is 0. The molecule has 0 bridgehead atoms. The third kappa shape index (κ3) is 3.43. The number of nitrogens with one attached hydrogen (secondary N) is 2. The van der Waals surface area contributed by atoms with E-state index in [1.54, 1.807) is 13.8 Å². The van der Waals surface area contributed by atoms with E-state index in [1.165, 1.54) is 0 Å². The van der Waals surface area contributed by atoms with Crippen molar-refractivity contribution in [2.45, 2.75) is 39.7 Å². The SMILES string of the molecule is CC(C)[C@H](NC(=O)C1(C)CCNCC1)C(=O)O. The van der Waals surface area contributed by atoms with Gasteiger partial charge in [-0.25, -0.2) is 4.79 Å². The van der Waals surface area contributed by atoms with Crippen LogP contribution < -0.4 is 10.6 Å². The van der Waals surface area contributed by atoms with Crippen molar-refractivity contribution in [3.05, 3.63) is 0 Å². The fourth-order valence-electron chi connectivity index (χ4n) is 2.03. The van der Waals surface area contributed by atoms with Crippen LogP contribution in [0.5, 0.6) is 0 Å². The molecule has 0 aromatic carbocycles. The fraction of sp³-hybridized carbons (Fsp3) is 0.833. The van der Waals surface area contributed by atoms with E-state index in [-0.39, 0.29) is 11.8 Å². The lowest BCUT2D eigenvalue weighted by Crippen LogP contribution is -2.52. The zero-order chi connectivity index (χ0) is 13.1. The van der Waals surface area contributed by atoms with Crippen LogP contribution in [0.3, 0.4) is 0 Å². The minimum Gasteiger partial charge on any atom is -0.480 e. The molecule has 0 unspecified atom stereocenters. The van der Waals surface area contributed by atoms with Gasteiger partial charge in [0.2, 0.25) is 5.91 Å². The van der Waals surface area contributed by atoms with Gasteiger partial charge in [-0.05, 0) is 31.8 Å². The zero-order valence-electron chi connectivity index (χ0n) is 10.7. The summed E-state index contributed by atoms with van der Waals surface area (Å²) in [5.41, 5.74) is -0.437. The molecule has 1 rings (SSSR count). The van der Waals surface area contributed by atoms with E-state index in [0.717, 1.165) is 25.9 Å². The average Bonchev–Trinajstić information content (AvgIpc) is 2.25. The lowest BCUT2D eigenvalue weighted by atomic mass is 9.80. The van der Waals surface area contributed by atoms with Crippen molar-refractivity contribution in [3.8, 4) is 0 Å². The molecule has 1 heterocycles. The van der Waals surface area contributed by atoms with Gasteiger partial charge in [0.25, 0.3) is 0 Å². The molecule has 0 radical (unpaired) electrons. The number of carbonyl (C=O) groups excluding carboxylic acids is 1. The first-order valence-corrected chi connectivity index (χ1v) is 6.11. The van der Waals surface area contributed by atoms with E-state index in [2.05, 4.69) is 10.6 Å². The number of carboxylic acids is 1. The molecule has 1 aliphatic heterocycles. The highest BCUT2D eigenvalue weighted by Crippen LogP contribution is 2.28. The van der Waals surface area contributed by atoms with Gasteiger partial charge in [-0.2, -0.15) is 0 Å². The van der Waals surface area contributed by atoms with Gasteiger partial charge in [0.1, 0.15) is 6.04 Å². The number of amides is 1. The van der Waals surface area contributed by atoms with Gasteiger partial charge in [0, 0.05) is 5.41 Å². The average molecular weight is 242 g/mol. The first-order valence-electron chi connectivity index (χ1n) is 6.11. The Morgan fingerprint density at radius 3 is 2.24 bits per heavy atom. The molecule has 1 atom stereocenters. The van der Waals surface area contributed by atoms with E-state index in [0.29, 0.717) is 0 Å². The van der Waals surface area contributed by atoms with Crippen LogP contribution >= 0.6 is 0 Å². The van der Waals surface area contributed by atoms with E-state index < -0.39 is 17.4 Å². The molecular formula is C12H22N2O3. The molecule has 1 fully saturated rings. The molecule has 98 valence electrons. The summed E-state index contributed by atoms with van der Waals surface area (Å²) in [5.74, 6) is -1.22. The predicted octanol–water partition coefficient (Wildman–Crippen LogP) is 0.601. The van der Waals surface area contributed by atoms with Gasteiger partial charge in [0.05, 0.1) is 0 Å². The molecule has 1 amide bonds. The molecular weight excluding hydrogens is 220 g/mol. The van der Waals surface area contributed by atoms with E-state index >= 15 is 0 Å². The Hall–Kier alpha value is -1.10. The van der Waals surface area contributed by atoms with Crippen LogP contribution in [0.1, 0.15) is 33.6 Å². The predicted molar refractivity (Wildman–Crippen MR) is 64.6 cm³/mol. The highest BCUT2D eigenvalue weighted by atomic mass is 16.4. The quantitative estimate of drug-likeness (QED) is 0.674. The van der Waals surface area contributed by atoms with Gasteiger partial charge in [-0.1, -0.05) is 20.8 Å². The number of aliphatic carboxylic acids is 1. The fourth-order valence-corrected chi connectivity index (χ4v) is 2.03. The number of hydrogen-bond acceptors (Lipinski definition) is 3. The van der Waals surface area contributed by atoms with Gasteiger partial charge in [-0.3, -0.25) is 4.79 Å². The highest BCUT2D eigenvalue weighted by molar-refractivity contribution is 5.87. The second-order valence-electron chi connectivity index (χ2n) is 5.34. The number of piperidine rings is 1. The van der Waals surface area contributed by atoms with Crippen molar-refractivity contribution >= 4 is 11.9 Å². The van der Waals surface area contributed by atoms with E-state index in [4.69, 9.17) is 5.11 Å². The summed E-state index contributed by atoms with van der Waals surface area (Å²) in [4.78, 5) is 23.2. The molecule has 1 saturated heterocycles. The van der Waals surface area contributed by atoms with Crippen molar-refractivity contribution in [2.75, 3.05) is 13.1 Å². The van der Waals surface area contributed by atoms with Crippen molar-refractivity contribution in [3.63, 3.8) is 0 Å². The van der Waals surface area contributed by atoms with Crippen LogP contribution in [0, 0.1) is 11.3 Å². The maximum atomic E-state index is 12.1. The zero-order valence-corrected chi connectivity index (χ0v) is 10.7. The molecule has 0 spiro atoms. The van der Waals surface area contributed by atoms with Gasteiger partial charge in [0.15, 0.2) is 0 Å². The van der Waals surface area contributed by atoms with Crippen molar-refractivity contribution < 1.29 is 14.7 Å². The lowest BCUT2D eigenvalue weighted by molar-refractivity contribution is -0.145. The summed E-state index contributed by atoms with van der Waals surface area (Å²) in [6.45, 7) is 7.11. The van der Waals surface area contributed by atoms with Crippen LogP contribution in [0.4, 0.5) is 0 Å². The first kappa shape index (κ1) is 14.0. The molecule has 0 aromatic heterocycles. The van der Waals surface area contributed by atoms with Crippen molar-refractivity contribution in [1.29, 1.82) is 0 Å². The lowest BCUT2D eigenvalue weighted by Gasteiger charge is -2.34. The molecule has 0 aromatic rings. The molecule has 3 N–H and O–H groups in total. The number of hydrogen-bond donors (Lipinski definition) is 3. The Morgan fingerprint density at radius 1 is 1.29 bits per heavy atom. The molecule has 0 aliphatic carbocycles. The molecule has 5 nitrogen and oxygen atoms in total. The van der Waals surface area contributed by atoms with Crippen LogP contribution in [0.25, 0.3) is 0 Å². The second-order valence-corrected chi connectivity index (χ2v) is 5.34. The Kier molecular flexibility index (Phi) is 4.51. The topological polar surface area (TPSA) is 78.4 Å². The first-order chi connectivity index (χ1) is 7.87. The molecule has 1 aliphatic rings. The van der Waals surface area contributed by atoms with Gasteiger partial charge in [-0.15, -0.1) is 0 Å². The third-order valence-corrected chi connectivity index (χ3v) is 3.47. The summed E-state index contributed by atoms with van der Waals surface area (Å²) in [6.07, 6.45) is 1.51. The summed E-state index contributed by atoms with van der Waals surface area (Å²) >= 11 is 0. The van der Waals surface area contributed by atoms with Gasteiger partial charge >= 0.3 is 5.97 Å². The normalized spacial score (nSPS) is 20.9. The summed E-state index contributed by atoms with van der Waals surface area (Å²) in [6, 6.07) is -0.797. The number of carboxylic acid groups (broad SMARTS) is 1. The van der Waals surface area contributed by atoms with Crippen molar-refractivity contribution in [2.24, 2.45) is 11.3 Å². The monoisotopic (exact) mass is 242 g/mol. The minimum atomic E-state index is -0.967. The van der Waals surface area contributed by atoms with Crippen LogP contribution in [-0.4, -0.2) is 36.1 Å². The Balaban J connectivity index is 2.66. The molecule has 5 heteroatoms. The second kappa shape index (κ2) is 5.49. The Morgan fingerprint density at radius 2 is 1.82 bits per heavy atom. The smallest absolute Gasteiger partial charge is 0.326 e. The van der Waals surface area contributed by atoms with Crippen LogP contribution in [-0.2, 0) is 9.59 Å². The highest BCUT2D eigenvalue weighted by Gasteiger charge is 2.37. The largest absolute Gasteiger partial charge is 0.480 e. The molecule has 17 heavy (non-hydrogen) atoms. The Labute approximate surface area is 102 Å². The third-order valence-electron chi connectivity index (χ3n) is 3.47. The van der Waals surface area contributed by atoms with Crippen LogP contribution in [0.15, 0.2) is 0 Å². The van der Waals surface area contributed by atoms with E-state index in [9.17, 15) is 9.59 Å². The minimum absolute atomic E-state index is 0.109. The molecule has 0 saturated carbocycles. The van der Waals surface area contributed by atoms with Gasteiger partial charge < -0.3 is 15.7 Å². The van der Waals surface area contributed by atoms with Crippen molar-refractivity contribution in [1.82, 2.24) is 10.6 Å². The van der Waals surface area contributed by atoms with E-state index in [1.807, 2.05) is 6.92 Å². The Bertz CT molecular complexity index is 296. The standard InChI is InChI=1S/C12H22N2O3/c1-8(2)9(10(15)16)14-11(17)12(3)4-6-13-7-5-12/h8-9,13H,4-7H2,1-3H3,(H,14,17)(H,15,16)/t9-/m0/s1. The summed E-state index contributed by atoms with van der Waals surface area (Å²) in [7, 11) is 0. The number of carbonyl (C=O) groups is 2.